The Bertz CT molecular complexity index is 1330. The summed E-state index contributed by atoms with van der Waals surface area (Å²) in [6, 6.07) is 20.6. The summed E-state index contributed by atoms with van der Waals surface area (Å²) in [5, 5.41) is 3.03. The highest BCUT2D eigenvalue weighted by Crippen LogP contribution is 2.32. The van der Waals surface area contributed by atoms with Crippen LogP contribution in [0.2, 0.25) is 5.02 Å². The SMILES string of the molecule is CC[C@H](C(=O)NC)N(Cc1ccccc1Cl)C(=O)CN(c1ccccc1OC)S(=O)(=O)c1ccccc1. The van der Waals surface area contributed by atoms with Crippen LogP contribution in [0, 0.1) is 0 Å². The fourth-order valence-electron chi connectivity index (χ4n) is 3.97. The van der Waals surface area contributed by atoms with Crippen LogP contribution in [0.1, 0.15) is 18.9 Å². The molecule has 0 fully saturated rings. The first-order valence-electron chi connectivity index (χ1n) is 11.7. The topological polar surface area (TPSA) is 96.0 Å². The zero-order chi connectivity index (χ0) is 27.0. The minimum absolute atomic E-state index is 0.0182. The van der Waals surface area contributed by atoms with Crippen LogP contribution in [0.3, 0.4) is 0 Å². The Labute approximate surface area is 222 Å². The van der Waals surface area contributed by atoms with Gasteiger partial charge in [-0.15, -0.1) is 0 Å². The van der Waals surface area contributed by atoms with Crippen molar-refractivity contribution in [3.63, 3.8) is 0 Å². The Kier molecular flexibility index (Phi) is 9.54. The highest BCUT2D eigenvalue weighted by molar-refractivity contribution is 7.92. The fraction of sp³-hybridized carbons (Fsp3) is 0.259. The Morgan fingerprint density at radius 3 is 2.22 bits per heavy atom. The normalized spacial score (nSPS) is 11.9. The van der Waals surface area contributed by atoms with Gasteiger partial charge in [0.05, 0.1) is 17.7 Å². The summed E-state index contributed by atoms with van der Waals surface area (Å²) in [5.41, 5.74) is 0.836. The van der Waals surface area contributed by atoms with E-state index in [0.29, 0.717) is 17.0 Å². The molecule has 10 heteroatoms. The fourth-order valence-corrected chi connectivity index (χ4v) is 5.61. The molecular formula is C27H30ClN3O5S. The first-order valence-corrected chi connectivity index (χ1v) is 13.5. The van der Waals surface area contributed by atoms with Crippen LogP contribution in [-0.4, -0.2) is 51.9 Å². The van der Waals surface area contributed by atoms with E-state index < -0.39 is 28.5 Å². The van der Waals surface area contributed by atoms with Gasteiger partial charge in [-0.2, -0.15) is 0 Å². The third-order valence-corrected chi connectivity index (χ3v) is 8.04. The van der Waals surface area contributed by atoms with Crippen molar-refractivity contribution in [2.24, 2.45) is 0 Å². The van der Waals surface area contributed by atoms with Gasteiger partial charge in [0.2, 0.25) is 11.8 Å². The number of likely N-dealkylation sites (N-methyl/N-ethyl adjacent to an activating group) is 1. The lowest BCUT2D eigenvalue weighted by Crippen LogP contribution is -2.51. The second kappa shape index (κ2) is 12.6. The quantitative estimate of drug-likeness (QED) is 0.393. The van der Waals surface area contributed by atoms with Gasteiger partial charge in [0.15, 0.2) is 0 Å². The minimum atomic E-state index is -4.18. The lowest BCUT2D eigenvalue weighted by Gasteiger charge is -2.33. The Morgan fingerprint density at radius 1 is 0.973 bits per heavy atom. The summed E-state index contributed by atoms with van der Waals surface area (Å²) in [6.07, 6.45) is 0.315. The van der Waals surface area contributed by atoms with E-state index in [0.717, 1.165) is 4.31 Å². The predicted molar refractivity (Wildman–Crippen MR) is 144 cm³/mol. The van der Waals surface area contributed by atoms with Crippen LogP contribution in [0.25, 0.3) is 0 Å². The number of anilines is 1. The lowest BCUT2D eigenvalue weighted by atomic mass is 10.1. The number of nitrogens with one attached hydrogen (secondary N) is 1. The maximum atomic E-state index is 13.9. The molecule has 0 bridgehead atoms. The van der Waals surface area contributed by atoms with Crippen molar-refractivity contribution in [1.82, 2.24) is 10.2 Å². The van der Waals surface area contributed by atoms with E-state index in [4.69, 9.17) is 16.3 Å². The van der Waals surface area contributed by atoms with Crippen LogP contribution in [0.15, 0.2) is 83.8 Å². The molecule has 3 aromatic carbocycles. The van der Waals surface area contributed by atoms with E-state index >= 15 is 0 Å². The van der Waals surface area contributed by atoms with Gasteiger partial charge < -0.3 is 15.0 Å². The summed E-state index contributed by atoms with van der Waals surface area (Å²) in [5.74, 6) is -0.649. The van der Waals surface area contributed by atoms with E-state index in [1.54, 1.807) is 73.7 Å². The molecule has 0 radical (unpaired) electrons. The van der Waals surface area contributed by atoms with Gasteiger partial charge in [0, 0.05) is 18.6 Å². The number of para-hydroxylation sites is 2. The van der Waals surface area contributed by atoms with Crippen molar-refractivity contribution in [3.05, 3.63) is 89.4 Å². The monoisotopic (exact) mass is 543 g/mol. The van der Waals surface area contributed by atoms with Crippen molar-refractivity contribution in [2.75, 3.05) is 25.0 Å². The Balaban J connectivity index is 2.10. The van der Waals surface area contributed by atoms with E-state index in [2.05, 4.69) is 5.32 Å². The van der Waals surface area contributed by atoms with Crippen molar-refractivity contribution in [2.45, 2.75) is 30.8 Å². The molecule has 0 aliphatic carbocycles. The molecule has 37 heavy (non-hydrogen) atoms. The van der Waals surface area contributed by atoms with Gasteiger partial charge in [-0.25, -0.2) is 8.42 Å². The molecule has 0 heterocycles. The molecule has 0 unspecified atom stereocenters. The van der Waals surface area contributed by atoms with Gasteiger partial charge in [-0.1, -0.05) is 67.1 Å². The van der Waals surface area contributed by atoms with Crippen LogP contribution >= 0.6 is 11.6 Å². The zero-order valence-corrected chi connectivity index (χ0v) is 22.5. The van der Waals surface area contributed by atoms with Crippen molar-refractivity contribution >= 4 is 39.1 Å². The number of rotatable bonds is 11. The van der Waals surface area contributed by atoms with Gasteiger partial charge in [-0.3, -0.25) is 13.9 Å². The number of amides is 2. The molecule has 0 aromatic heterocycles. The number of hydrogen-bond acceptors (Lipinski definition) is 5. The number of sulfonamides is 1. The highest BCUT2D eigenvalue weighted by Gasteiger charge is 2.34. The molecule has 3 aromatic rings. The van der Waals surface area contributed by atoms with Gasteiger partial charge in [0.25, 0.3) is 10.0 Å². The molecule has 2 amide bonds. The molecule has 1 N–H and O–H groups in total. The lowest BCUT2D eigenvalue weighted by molar-refractivity contribution is -0.140. The number of carbonyl (C=O) groups is 2. The van der Waals surface area contributed by atoms with Crippen LogP contribution in [0.5, 0.6) is 5.75 Å². The average molecular weight is 544 g/mol. The molecular weight excluding hydrogens is 514 g/mol. The number of methoxy groups -OCH3 is 1. The van der Waals surface area contributed by atoms with E-state index in [1.165, 1.54) is 31.2 Å². The zero-order valence-electron chi connectivity index (χ0n) is 20.9. The first kappa shape index (κ1) is 28.0. The third kappa shape index (κ3) is 6.42. The Morgan fingerprint density at radius 2 is 1.59 bits per heavy atom. The molecule has 0 aliphatic heterocycles. The number of nitrogens with zero attached hydrogens (tertiary/aromatic N) is 2. The largest absolute Gasteiger partial charge is 0.495 e. The van der Waals surface area contributed by atoms with Gasteiger partial charge in [0.1, 0.15) is 18.3 Å². The predicted octanol–water partition coefficient (Wildman–Crippen LogP) is 4.10. The van der Waals surface area contributed by atoms with Crippen LogP contribution in [-0.2, 0) is 26.2 Å². The van der Waals surface area contributed by atoms with E-state index in [-0.39, 0.29) is 28.8 Å². The number of ether oxygens (including phenoxy) is 1. The van der Waals surface area contributed by atoms with Crippen molar-refractivity contribution in [1.29, 1.82) is 0 Å². The van der Waals surface area contributed by atoms with Gasteiger partial charge >= 0.3 is 0 Å². The van der Waals surface area contributed by atoms with Crippen LogP contribution < -0.4 is 14.4 Å². The average Bonchev–Trinajstić information content (AvgIpc) is 2.92. The summed E-state index contributed by atoms with van der Waals surface area (Å²) in [6.45, 7) is 1.25. The molecule has 8 nitrogen and oxygen atoms in total. The summed E-state index contributed by atoms with van der Waals surface area (Å²) in [7, 11) is -1.26. The van der Waals surface area contributed by atoms with Crippen LogP contribution in [0.4, 0.5) is 5.69 Å². The third-order valence-electron chi connectivity index (χ3n) is 5.89. The number of halogens is 1. The second-order valence-corrected chi connectivity index (χ2v) is 10.4. The summed E-state index contributed by atoms with van der Waals surface area (Å²) in [4.78, 5) is 28.0. The number of benzene rings is 3. The number of carbonyl (C=O) groups excluding carboxylic acids is 2. The maximum absolute atomic E-state index is 13.9. The molecule has 0 spiro atoms. The molecule has 1 atom stereocenters. The molecule has 0 saturated heterocycles. The molecule has 0 aliphatic rings. The summed E-state index contributed by atoms with van der Waals surface area (Å²) >= 11 is 6.37. The number of hydrogen-bond donors (Lipinski definition) is 1. The maximum Gasteiger partial charge on any atom is 0.264 e. The standard InChI is InChI=1S/C27H30ClN3O5S/c1-4-23(27(33)29-2)30(18-20-12-8-9-15-22(20)28)26(32)19-31(24-16-10-11-17-25(24)36-3)37(34,35)21-13-6-5-7-14-21/h5-17,23H,4,18-19H2,1-3H3,(H,29,33)/t23-/m1/s1. The smallest absolute Gasteiger partial charge is 0.264 e. The molecule has 0 saturated carbocycles. The Hall–Kier alpha value is -3.56. The minimum Gasteiger partial charge on any atom is -0.495 e. The second-order valence-electron chi connectivity index (χ2n) is 8.15. The highest BCUT2D eigenvalue weighted by atomic mass is 35.5. The molecule has 3 rings (SSSR count). The molecule has 196 valence electrons. The van der Waals surface area contributed by atoms with Crippen molar-refractivity contribution in [3.8, 4) is 5.75 Å². The van der Waals surface area contributed by atoms with Gasteiger partial charge in [-0.05, 0) is 42.3 Å². The summed E-state index contributed by atoms with van der Waals surface area (Å²) < 4.78 is 34.0. The van der Waals surface area contributed by atoms with E-state index in [1.807, 2.05) is 0 Å². The van der Waals surface area contributed by atoms with Crippen molar-refractivity contribution < 1.29 is 22.7 Å². The first-order chi connectivity index (χ1) is 17.7. The van der Waals surface area contributed by atoms with E-state index in [9.17, 15) is 18.0 Å².